The molecule has 10 atom stereocenters. The molecule has 0 spiro atoms. The van der Waals surface area contributed by atoms with Gasteiger partial charge in [-0.3, -0.25) is 9.35 Å². The van der Waals surface area contributed by atoms with Crippen molar-refractivity contribution in [3.05, 3.63) is 33.6 Å². The molecule has 4 aliphatic carbocycles. The Hall–Kier alpha value is -0.930. The van der Waals surface area contributed by atoms with Crippen molar-refractivity contribution >= 4 is 39.1 Å². The van der Waals surface area contributed by atoms with Crippen LogP contribution < -0.4 is 5.32 Å². The van der Waals surface area contributed by atoms with Gasteiger partial charge in [-0.1, -0.05) is 52.8 Å². The molecule has 4 saturated carbocycles. The van der Waals surface area contributed by atoms with Gasteiger partial charge in [-0.15, -0.1) is 11.3 Å². The van der Waals surface area contributed by atoms with Crippen LogP contribution in [0.1, 0.15) is 103 Å². The molecule has 42 heavy (non-hydrogen) atoms. The van der Waals surface area contributed by atoms with Gasteiger partial charge in [-0.2, -0.15) is 8.42 Å². The number of halogens is 1. The predicted molar refractivity (Wildman–Crippen MR) is 170 cm³/mol. The Kier molecular flexibility index (Phi) is 9.36. The largest absolute Gasteiger partial charge is 0.397 e. The molecule has 1 heterocycles. The van der Waals surface area contributed by atoms with Crippen LogP contribution in [0.4, 0.5) is 0 Å². The van der Waals surface area contributed by atoms with Crippen LogP contribution in [0.15, 0.2) is 24.4 Å². The van der Waals surface area contributed by atoms with Crippen LogP contribution in [0.5, 0.6) is 0 Å². The summed E-state index contributed by atoms with van der Waals surface area (Å²) in [7, 11) is -4.52. The maximum atomic E-state index is 12.5. The van der Waals surface area contributed by atoms with Crippen molar-refractivity contribution in [1.29, 1.82) is 0 Å². The van der Waals surface area contributed by atoms with Crippen molar-refractivity contribution in [3.63, 3.8) is 0 Å². The minimum Gasteiger partial charge on any atom is -0.381 e. The molecule has 6 unspecified atom stereocenters. The lowest BCUT2D eigenvalue weighted by Crippen LogP contribution is -2.57. The number of fused-ring (bicyclic) bond motifs is 5. The van der Waals surface area contributed by atoms with Crippen molar-refractivity contribution in [2.75, 3.05) is 6.61 Å². The molecule has 1 aromatic rings. The normalized spacial score (nSPS) is 38.0. The number of thiophene rings is 1. The quantitative estimate of drug-likeness (QED) is 0.249. The highest BCUT2D eigenvalue weighted by molar-refractivity contribution is 7.80. The molecule has 4 aliphatic rings. The Morgan fingerprint density at radius 3 is 2.52 bits per heavy atom. The molecular weight excluding hydrogens is 590 g/mol. The van der Waals surface area contributed by atoms with Crippen LogP contribution in [-0.2, 0) is 19.4 Å². The Labute approximate surface area is 262 Å². The summed E-state index contributed by atoms with van der Waals surface area (Å²) in [4.78, 5) is 13.7. The fraction of sp³-hybridized carbons (Fsp3) is 0.788. The predicted octanol–water partition coefficient (Wildman–Crippen LogP) is 8.50. The standard InChI is InChI=1S/C33H50ClNO5S2/c1-19(2)31(28-9-10-29(34)41-28)35-21(4)15-20(3)25-7-8-26-30-22(18-40-42(37,38)39)16-23-17-24(36)11-13-32(23,5)27(30)12-14-33(25,26)6/h9-10,19-20,22-23,25-27,30-31,35H,4,7-8,11-18H2,1-3,5-6H3,(H,37,38,39)/t20-,22+,23?,25?,26+,27+,30?,31?,32?,33?/m1/s1. The van der Waals surface area contributed by atoms with Crippen molar-refractivity contribution in [1.82, 2.24) is 5.32 Å². The third-order valence-corrected chi connectivity index (χ3v) is 14.1. The molecule has 0 radical (unpaired) electrons. The Morgan fingerprint density at radius 2 is 1.88 bits per heavy atom. The first-order chi connectivity index (χ1) is 19.6. The topological polar surface area (TPSA) is 92.7 Å². The van der Waals surface area contributed by atoms with E-state index in [1.54, 1.807) is 11.3 Å². The van der Waals surface area contributed by atoms with Crippen LogP contribution in [0.2, 0.25) is 4.34 Å². The van der Waals surface area contributed by atoms with Gasteiger partial charge in [0.05, 0.1) is 17.0 Å². The van der Waals surface area contributed by atoms with Gasteiger partial charge in [-0.05, 0) is 115 Å². The summed E-state index contributed by atoms with van der Waals surface area (Å²) >= 11 is 7.88. The fourth-order valence-electron chi connectivity index (χ4n) is 10.4. The van der Waals surface area contributed by atoms with Crippen LogP contribution in [0.3, 0.4) is 0 Å². The van der Waals surface area contributed by atoms with E-state index in [1.165, 1.54) is 4.88 Å². The van der Waals surface area contributed by atoms with Gasteiger partial charge in [0.2, 0.25) is 0 Å². The van der Waals surface area contributed by atoms with E-state index in [4.69, 9.17) is 15.8 Å². The second kappa shape index (κ2) is 12.1. The molecule has 2 N–H and O–H groups in total. The molecule has 5 rings (SSSR count). The fourth-order valence-corrected chi connectivity index (χ4v) is 12.0. The Balaban J connectivity index is 1.34. The summed E-state index contributed by atoms with van der Waals surface area (Å²) < 4.78 is 38.6. The van der Waals surface area contributed by atoms with Crippen LogP contribution in [-0.4, -0.2) is 25.4 Å². The number of ketones is 1. The number of hydrogen-bond acceptors (Lipinski definition) is 6. The summed E-state index contributed by atoms with van der Waals surface area (Å²) in [6.45, 7) is 16.2. The maximum absolute atomic E-state index is 12.5. The van der Waals surface area contributed by atoms with Crippen molar-refractivity contribution in [2.24, 2.45) is 58.2 Å². The number of allylic oxidation sites excluding steroid dienone is 1. The van der Waals surface area contributed by atoms with Gasteiger partial charge >= 0.3 is 10.4 Å². The first kappa shape index (κ1) is 32.5. The van der Waals surface area contributed by atoms with E-state index in [1.807, 2.05) is 6.07 Å². The number of carbonyl (C=O) groups is 1. The molecular formula is C33H50ClNO5S2. The van der Waals surface area contributed by atoms with E-state index in [2.05, 4.69) is 52.6 Å². The van der Waals surface area contributed by atoms with Crippen LogP contribution in [0.25, 0.3) is 0 Å². The molecule has 1 aromatic heterocycles. The molecule has 6 nitrogen and oxygen atoms in total. The van der Waals surface area contributed by atoms with Gasteiger partial charge in [0.1, 0.15) is 5.78 Å². The summed E-state index contributed by atoms with van der Waals surface area (Å²) in [5.74, 6) is 3.31. The van der Waals surface area contributed by atoms with Crippen molar-refractivity contribution in [2.45, 2.75) is 98.4 Å². The summed E-state index contributed by atoms with van der Waals surface area (Å²) in [5, 5.41) is 3.74. The summed E-state index contributed by atoms with van der Waals surface area (Å²) in [5.41, 5.74) is 1.34. The number of carbonyl (C=O) groups excluding carboxylic acids is 1. The van der Waals surface area contributed by atoms with E-state index in [-0.39, 0.29) is 35.3 Å². The van der Waals surface area contributed by atoms with E-state index >= 15 is 0 Å². The number of Topliss-reactive ketones (excluding diaryl/α,β-unsaturated/α-hetero) is 1. The lowest BCUT2D eigenvalue weighted by Gasteiger charge is -2.62. The number of rotatable bonds is 10. The molecule has 0 aromatic carbocycles. The van der Waals surface area contributed by atoms with E-state index in [0.717, 1.165) is 55.0 Å². The zero-order valence-corrected chi connectivity index (χ0v) is 28.3. The molecule has 0 bridgehead atoms. The molecule has 9 heteroatoms. The zero-order valence-electron chi connectivity index (χ0n) is 25.9. The highest BCUT2D eigenvalue weighted by atomic mass is 35.5. The highest BCUT2D eigenvalue weighted by Gasteiger charge is 2.63. The maximum Gasteiger partial charge on any atom is 0.397 e. The molecule has 0 aliphatic heterocycles. The van der Waals surface area contributed by atoms with Crippen LogP contribution in [0, 0.1) is 58.2 Å². The van der Waals surface area contributed by atoms with Gasteiger partial charge < -0.3 is 5.32 Å². The lowest BCUT2D eigenvalue weighted by atomic mass is 9.42. The smallest absolute Gasteiger partial charge is 0.381 e. The minimum absolute atomic E-state index is 0.0115. The first-order valence-corrected chi connectivity index (χ1v) is 18.5. The Bertz CT molecular complexity index is 1280. The third kappa shape index (κ3) is 6.27. The first-order valence-electron chi connectivity index (χ1n) is 16.0. The van der Waals surface area contributed by atoms with Crippen molar-refractivity contribution < 1.29 is 21.9 Å². The van der Waals surface area contributed by atoms with E-state index in [0.29, 0.717) is 54.1 Å². The van der Waals surface area contributed by atoms with Gasteiger partial charge in [-0.25, -0.2) is 4.18 Å². The van der Waals surface area contributed by atoms with E-state index < -0.39 is 10.4 Å². The molecule has 236 valence electrons. The number of nitrogens with one attached hydrogen (secondary N) is 1. The zero-order chi connectivity index (χ0) is 30.6. The average Bonchev–Trinajstić information content (AvgIpc) is 3.48. The molecule has 0 amide bonds. The average molecular weight is 640 g/mol. The van der Waals surface area contributed by atoms with Gasteiger partial charge in [0.15, 0.2) is 0 Å². The molecule has 0 saturated heterocycles. The van der Waals surface area contributed by atoms with Crippen molar-refractivity contribution in [3.8, 4) is 0 Å². The molecule has 4 fully saturated rings. The summed E-state index contributed by atoms with van der Waals surface area (Å²) in [6.07, 6.45) is 8.48. The minimum atomic E-state index is -4.52. The highest BCUT2D eigenvalue weighted by Crippen LogP contribution is 2.69. The van der Waals surface area contributed by atoms with E-state index in [9.17, 15) is 17.8 Å². The lowest BCUT2D eigenvalue weighted by molar-refractivity contribution is -0.156. The Morgan fingerprint density at radius 1 is 1.17 bits per heavy atom. The second-order valence-electron chi connectivity index (χ2n) is 15.0. The van der Waals surface area contributed by atoms with Gasteiger partial charge in [0.25, 0.3) is 0 Å². The summed E-state index contributed by atoms with van der Waals surface area (Å²) in [6, 6.07) is 4.27. The monoisotopic (exact) mass is 639 g/mol. The van der Waals surface area contributed by atoms with Crippen LogP contribution >= 0.6 is 22.9 Å². The second-order valence-corrected chi connectivity index (χ2v) is 17.8. The third-order valence-electron chi connectivity index (χ3n) is 12.3. The number of hydrogen-bond donors (Lipinski definition) is 2. The van der Waals surface area contributed by atoms with Gasteiger partial charge in [0, 0.05) is 23.4 Å². The SMILES string of the molecule is C=C(C[C@@H](C)C1CC[C@H]2C3[C@H](COS(=O)(=O)O)CC4CC(=O)CCC4(C)[C@H]3CCC12C)NC(c1ccc(Cl)s1)C(C)C.